The molecule has 0 aromatic heterocycles. The summed E-state index contributed by atoms with van der Waals surface area (Å²) < 4.78 is 17.5. The molecule has 0 radical (unpaired) electrons. The predicted molar refractivity (Wildman–Crippen MR) is 316 cm³/mol. The lowest BCUT2D eigenvalue weighted by Crippen LogP contribution is -2.30. The summed E-state index contributed by atoms with van der Waals surface area (Å²) >= 11 is 0. The Hall–Kier alpha value is -3.70. The molecule has 0 amide bonds. The number of esters is 2. The monoisotopic (exact) mass is 997 g/mol. The summed E-state index contributed by atoms with van der Waals surface area (Å²) in [6.45, 7) is 7.54. The van der Waals surface area contributed by atoms with E-state index < -0.39 is 6.10 Å². The molecule has 0 spiro atoms. The van der Waals surface area contributed by atoms with Crippen LogP contribution in [0.5, 0.6) is 0 Å². The van der Waals surface area contributed by atoms with Gasteiger partial charge in [-0.25, -0.2) is 0 Å². The minimum Gasteiger partial charge on any atom is -0.462 e. The SMILES string of the molecule is CC/C=C\C/C=C\C/C=C\C/C=C\CCCCCCCCC(=O)OCC(COCCCCCCCCCCCC/C=C\C/C=C\CCCCC)OC(=O)CCCCCC/C=C\C/C=C\C/C=C\C/C=C\CC. The summed E-state index contributed by atoms with van der Waals surface area (Å²) in [5, 5.41) is 0. The fourth-order valence-electron chi connectivity index (χ4n) is 8.05. The zero-order valence-electron chi connectivity index (χ0n) is 47.2. The Morgan fingerprint density at radius 2 is 0.625 bits per heavy atom. The van der Waals surface area contributed by atoms with E-state index in [4.69, 9.17) is 14.2 Å². The fourth-order valence-corrected chi connectivity index (χ4v) is 8.05. The van der Waals surface area contributed by atoms with Gasteiger partial charge in [0.25, 0.3) is 0 Å². The van der Waals surface area contributed by atoms with Crippen LogP contribution in [0.4, 0.5) is 0 Å². The summed E-state index contributed by atoms with van der Waals surface area (Å²) in [5.41, 5.74) is 0. The van der Waals surface area contributed by atoms with Crippen LogP contribution in [0.15, 0.2) is 122 Å². The van der Waals surface area contributed by atoms with Gasteiger partial charge in [-0.05, 0) is 128 Å². The molecule has 72 heavy (non-hydrogen) atoms. The molecule has 5 nitrogen and oxygen atoms in total. The lowest BCUT2D eigenvalue weighted by molar-refractivity contribution is -0.163. The molecule has 0 aliphatic heterocycles. The van der Waals surface area contributed by atoms with Crippen molar-refractivity contribution in [3.05, 3.63) is 122 Å². The molecule has 0 aliphatic rings. The third-order valence-electron chi connectivity index (χ3n) is 12.5. The number of carbonyl (C=O) groups is 2. The Labute approximate surface area is 446 Å². The van der Waals surface area contributed by atoms with Gasteiger partial charge in [0.15, 0.2) is 6.10 Å². The largest absolute Gasteiger partial charge is 0.462 e. The molecule has 1 atom stereocenters. The fraction of sp³-hybridized carbons (Fsp3) is 0.672. The molecule has 0 rings (SSSR count). The van der Waals surface area contributed by atoms with Crippen molar-refractivity contribution in [2.75, 3.05) is 19.8 Å². The molecular weight excluding hydrogens is 885 g/mol. The highest BCUT2D eigenvalue weighted by molar-refractivity contribution is 5.70. The summed E-state index contributed by atoms with van der Waals surface area (Å²) in [4.78, 5) is 25.6. The van der Waals surface area contributed by atoms with Gasteiger partial charge in [-0.3, -0.25) is 9.59 Å². The van der Waals surface area contributed by atoms with E-state index in [2.05, 4.69) is 142 Å². The van der Waals surface area contributed by atoms with Crippen LogP contribution in [0.1, 0.15) is 265 Å². The van der Waals surface area contributed by atoms with E-state index in [0.29, 0.717) is 19.4 Å². The maximum absolute atomic E-state index is 12.9. The first-order valence-corrected chi connectivity index (χ1v) is 30.1. The number of hydrogen-bond donors (Lipinski definition) is 0. The molecule has 0 aliphatic carbocycles. The van der Waals surface area contributed by atoms with Crippen molar-refractivity contribution in [3.8, 4) is 0 Å². The van der Waals surface area contributed by atoms with Gasteiger partial charge in [0.1, 0.15) is 6.61 Å². The molecule has 0 aromatic rings. The van der Waals surface area contributed by atoms with Gasteiger partial charge in [0.2, 0.25) is 0 Å². The lowest BCUT2D eigenvalue weighted by atomic mass is 10.1. The zero-order valence-corrected chi connectivity index (χ0v) is 47.2. The standard InChI is InChI=1S/C67H112O5/c1-4-7-10-13-16-19-22-25-28-31-33-35-38-41-44-47-50-53-56-59-62-70-63-65(72-67(69)61-58-55-52-49-46-43-40-36-30-27-24-21-18-15-12-9-6-3)64-71-66(68)60-57-54-51-48-45-42-39-37-34-32-29-26-23-20-17-14-11-8-5-2/h8-9,11-12,16-21,25-30,34,37,40,43,65H,4-7,10,13-15,22-24,31-33,35-36,38-39,41-42,44-64H2,1-3H3/b11-8-,12-9-,19-16-,20-17-,21-18-,28-25-,29-26-,30-27-,37-34-,43-40-. The minimum atomic E-state index is -0.567. The number of unbranched alkanes of at least 4 members (excludes halogenated alkanes) is 23. The van der Waals surface area contributed by atoms with E-state index >= 15 is 0 Å². The van der Waals surface area contributed by atoms with Crippen LogP contribution < -0.4 is 0 Å². The molecule has 0 heterocycles. The Bertz CT molecular complexity index is 1450. The number of ether oxygens (including phenoxy) is 3. The molecule has 410 valence electrons. The Morgan fingerprint density at radius 1 is 0.319 bits per heavy atom. The third kappa shape index (κ3) is 58.9. The molecule has 0 saturated carbocycles. The van der Waals surface area contributed by atoms with Gasteiger partial charge in [-0.2, -0.15) is 0 Å². The van der Waals surface area contributed by atoms with Crippen molar-refractivity contribution < 1.29 is 23.8 Å². The van der Waals surface area contributed by atoms with Gasteiger partial charge in [-0.1, -0.05) is 245 Å². The van der Waals surface area contributed by atoms with Crippen molar-refractivity contribution in [1.82, 2.24) is 0 Å². The average molecular weight is 998 g/mol. The smallest absolute Gasteiger partial charge is 0.306 e. The van der Waals surface area contributed by atoms with Gasteiger partial charge >= 0.3 is 11.9 Å². The summed E-state index contributed by atoms with van der Waals surface area (Å²) in [5.74, 6) is -0.443. The Kier molecular flexibility index (Phi) is 58.4. The van der Waals surface area contributed by atoms with Crippen LogP contribution in [0.3, 0.4) is 0 Å². The maximum Gasteiger partial charge on any atom is 0.306 e. The van der Waals surface area contributed by atoms with Crippen LogP contribution >= 0.6 is 0 Å². The normalized spacial score (nSPS) is 13.1. The zero-order chi connectivity index (χ0) is 52.0. The first kappa shape index (κ1) is 68.3. The van der Waals surface area contributed by atoms with E-state index in [1.54, 1.807) is 0 Å². The Balaban J connectivity index is 4.37. The van der Waals surface area contributed by atoms with Gasteiger partial charge in [0.05, 0.1) is 6.61 Å². The average Bonchev–Trinajstić information content (AvgIpc) is 3.38. The molecule has 1 unspecified atom stereocenters. The van der Waals surface area contributed by atoms with Crippen molar-refractivity contribution in [2.45, 2.75) is 271 Å². The molecule has 0 saturated heterocycles. The van der Waals surface area contributed by atoms with Crippen LogP contribution in [0, 0.1) is 0 Å². The number of carbonyl (C=O) groups excluding carboxylic acids is 2. The first-order valence-electron chi connectivity index (χ1n) is 30.1. The number of hydrogen-bond acceptors (Lipinski definition) is 5. The minimum absolute atomic E-state index is 0.0598. The highest BCUT2D eigenvalue weighted by Gasteiger charge is 2.17. The van der Waals surface area contributed by atoms with Crippen LogP contribution in [-0.4, -0.2) is 37.9 Å². The van der Waals surface area contributed by atoms with E-state index in [0.717, 1.165) is 128 Å². The maximum atomic E-state index is 12.9. The first-order chi connectivity index (χ1) is 35.6. The highest BCUT2D eigenvalue weighted by Crippen LogP contribution is 2.14. The second-order valence-corrected chi connectivity index (χ2v) is 19.5. The molecule has 0 N–H and O–H groups in total. The van der Waals surface area contributed by atoms with E-state index in [1.807, 2.05) is 0 Å². The molecule has 0 bridgehead atoms. The highest BCUT2D eigenvalue weighted by atomic mass is 16.6. The van der Waals surface area contributed by atoms with E-state index in [-0.39, 0.29) is 25.2 Å². The second-order valence-electron chi connectivity index (χ2n) is 19.5. The van der Waals surface area contributed by atoms with Crippen molar-refractivity contribution >= 4 is 11.9 Å². The molecule has 0 aromatic carbocycles. The quantitative estimate of drug-likeness (QED) is 0.0345. The summed E-state index contributed by atoms with van der Waals surface area (Å²) in [6.07, 6.45) is 86.5. The van der Waals surface area contributed by atoms with Gasteiger partial charge in [0, 0.05) is 19.4 Å². The van der Waals surface area contributed by atoms with Crippen LogP contribution in [0.2, 0.25) is 0 Å². The van der Waals surface area contributed by atoms with Crippen molar-refractivity contribution in [3.63, 3.8) is 0 Å². The van der Waals surface area contributed by atoms with Crippen LogP contribution in [-0.2, 0) is 23.8 Å². The van der Waals surface area contributed by atoms with Gasteiger partial charge in [-0.15, -0.1) is 0 Å². The van der Waals surface area contributed by atoms with Crippen molar-refractivity contribution in [2.24, 2.45) is 0 Å². The number of allylic oxidation sites excluding steroid dienone is 20. The molecule has 5 heteroatoms. The summed E-state index contributed by atoms with van der Waals surface area (Å²) in [6, 6.07) is 0. The summed E-state index contributed by atoms with van der Waals surface area (Å²) in [7, 11) is 0. The topological polar surface area (TPSA) is 61.8 Å². The van der Waals surface area contributed by atoms with Crippen molar-refractivity contribution in [1.29, 1.82) is 0 Å². The third-order valence-corrected chi connectivity index (χ3v) is 12.5. The lowest BCUT2D eigenvalue weighted by Gasteiger charge is -2.18. The molecular formula is C67H112O5. The van der Waals surface area contributed by atoms with Crippen LogP contribution in [0.25, 0.3) is 0 Å². The van der Waals surface area contributed by atoms with E-state index in [1.165, 1.54) is 103 Å². The predicted octanol–water partition coefficient (Wildman–Crippen LogP) is 20.9. The second kappa shape index (κ2) is 61.6. The molecule has 0 fully saturated rings. The van der Waals surface area contributed by atoms with E-state index in [9.17, 15) is 9.59 Å². The Morgan fingerprint density at radius 3 is 1.00 bits per heavy atom. The number of rotatable bonds is 54. The van der Waals surface area contributed by atoms with Gasteiger partial charge < -0.3 is 14.2 Å².